The Bertz CT molecular complexity index is 531. The third-order valence-corrected chi connectivity index (χ3v) is 5.15. The Morgan fingerprint density at radius 1 is 1.13 bits per heavy atom. The molecule has 1 saturated carbocycles. The first-order chi connectivity index (χ1) is 11.2. The predicted molar refractivity (Wildman–Crippen MR) is 89.1 cm³/mol. The second kappa shape index (κ2) is 7.45. The average Bonchev–Trinajstić information content (AvgIpc) is 3.20. The molecule has 2 fully saturated rings. The number of rotatable bonds is 6. The van der Waals surface area contributed by atoms with Crippen molar-refractivity contribution in [3.63, 3.8) is 0 Å². The van der Waals surface area contributed by atoms with E-state index in [2.05, 4.69) is 4.90 Å². The number of carbonyl (C=O) groups is 1. The lowest BCUT2D eigenvalue weighted by Crippen LogP contribution is -2.26. The smallest absolute Gasteiger partial charge is 0.310 e. The molecule has 0 amide bonds. The molecule has 2 aliphatic rings. The Morgan fingerprint density at radius 3 is 2.57 bits per heavy atom. The summed E-state index contributed by atoms with van der Waals surface area (Å²) in [5, 5.41) is 10.8. The molecule has 1 aliphatic carbocycles. The predicted octanol–water partition coefficient (Wildman–Crippen LogP) is 2.63. The van der Waals surface area contributed by atoms with Crippen LogP contribution < -0.4 is 0 Å². The molecule has 1 saturated heterocycles. The largest absolute Gasteiger partial charge is 0.464 e. The summed E-state index contributed by atoms with van der Waals surface area (Å²) in [5.41, 5.74) is 1.06. The molecule has 3 rings (SSSR count). The molecule has 0 unspecified atom stereocenters. The molecule has 4 nitrogen and oxygen atoms in total. The van der Waals surface area contributed by atoms with E-state index in [-0.39, 0.29) is 12.4 Å². The van der Waals surface area contributed by atoms with Crippen LogP contribution in [0.4, 0.5) is 0 Å². The zero-order valence-corrected chi connectivity index (χ0v) is 13.8. The van der Waals surface area contributed by atoms with Gasteiger partial charge in [0, 0.05) is 6.54 Å². The first-order valence-electron chi connectivity index (χ1n) is 8.86. The number of benzene rings is 1. The summed E-state index contributed by atoms with van der Waals surface area (Å²) in [6.45, 7) is 3.53. The second-order valence-corrected chi connectivity index (χ2v) is 6.84. The van der Waals surface area contributed by atoms with E-state index in [0.29, 0.717) is 6.61 Å². The van der Waals surface area contributed by atoms with Crippen LogP contribution in [0, 0.1) is 0 Å². The zero-order chi connectivity index (χ0) is 16.1. The van der Waals surface area contributed by atoms with Crippen LogP contribution in [-0.2, 0) is 21.6 Å². The summed E-state index contributed by atoms with van der Waals surface area (Å²) in [5.74, 6) is -0.196. The lowest BCUT2D eigenvalue weighted by atomic mass is 9.87. The van der Waals surface area contributed by atoms with Gasteiger partial charge in [-0.05, 0) is 49.9 Å². The second-order valence-electron chi connectivity index (χ2n) is 6.84. The van der Waals surface area contributed by atoms with Gasteiger partial charge in [0.1, 0.15) is 6.61 Å². The molecule has 23 heavy (non-hydrogen) atoms. The van der Waals surface area contributed by atoms with Crippen molar-refractivity contribution in [3.8, 4) is 0 Å². The van der Waals surface area contributed by atoms with Crippen LogP contribution in [0.25, 0.3) is 0 Å². The average molecular weight is 317 g/mol. The van der Waals surface area contributed by atoms with Gasteiger partial charge < -0.3 is 9.84 Å². The van der Waals surface area contributed by atoms with Gasteiger partial charge in [-0.15, -0.1) is 0 Å². The maximum Gasteiger partial charge on any atom is 0.310 e. The maximum atomic E-state index is 12.1. The molecular formula is C19H27NO3. The third-order valence-electron chi connectivity index (χ3n) is 5.15. The topological polar surface area (TPSA) is 49.8 Å². The van der Waals surface area contributed by atoms with Gasteiger partial charge in [0.05, 0.1) is 12.0 Å². The molecule has 4 heteroatoms. The number of esters is 1. The quantitative estimate of drug-likeness (QED) is 0.820. The Labute approximate surface area is 138 Å². The van der Waals surface area contributed by atoms with Crippen LogP contribution in [0.15, 0.2) is 24.3 Å². The number of carbonyl (C=O) groups excluding carboxylic acids is 1. The van der Waals surface area contributed by atoms with E-state index in [1.807, 2.05) is 24.3 Å². The van der Waals surface area contributed by atoms with Crippen molar-refractivity contribution in [1.82, 2.24) is 4.90 Å². The van der Waals surface area contributed by atoms with Crippen molar-refractivity contribution < 1.29 is 14.6 Å². The summed E-state index contributed by atoms with van der Waals surface area (Å²) in [6.07, 6.45) is 6.41. The molecule has 0 bridgehead atoms. The Morgan fingerprint density at radius 2 is 1.83 bits per heavy atom. The van der Waals surface area contributed by atoms with Crippen LogP contribution in [0.5, 0.6) is 0 Å². The highest BCUT2D eigenvalue weighted by Gasteiger charge is 2.34. The minimum Gasteiger partial charge on any atom is -0.464 e. The molecule has 0 aromatic heterocycles. The number of ether oxygens (including phenoxy) is 1. The van der Waals surface area contributed by atoms with E-state index in [4.69, 9.17) is 4.74 Å². The number of hydrogen-bond acceptors (Lipinski definition) is 4. The number of likely N-dealkylation sites (tertiary alicyclic amines) is 1. The molecule has 1 heterocycles. The standard InChI is InChI=1S/C19H27NO3/c21-18(23-14-13-20-11-5-6-12-20)15-16-7-1-2-8-17(16)19(22)9-3-4-10-19/h1-2,7-8,22H,3-6,9-15H2. The van der Waals surface area contributed by atoms with Crippen LogP contribution >= 0.6 is 0 Å². The fourth-order valence-electron chi connectivity index (χ4n) is 3.86. The van der Waals surface area contributed by atoms with Gasteiger partial charge >= 0.3 is 5.97 Å². The Kier molecular flexibility index (Phi) is 5.34. The normalized spacial score (nSPS) is 20.7. The number of aliphatic hydroxyl groups is 1. The van der Waals surface area contributed by atoms with Crippen LogP contribution in [0.2, 0.25) is 0 Å². The fraction of sp³-hybridized carbons (Fsp3) is 0.632. The van der Waals surface area contributed by atoms with Crippen molar-refractivity contribution in [2.24, 2.45) is 0 Å². The monoisotopic (exact) mass is 317 g/mol. The van der Waals surface area contributed by atoms with Gasteiger partial charge in [-0.3, -0.25) is 9.69 Å². The molecule has 1 aliphatic heterocycles. The molecule has 1 N–H and O–H groups in total. The maximum absolute atomic E-state index is 12.1. The van der Waals surface area contributed by atoms with Gasteiger partial charge in [0.2, 0.25) is 0 Å². The fourth-order valence-corrected chi connectivity index (χ4v) is 3.86. The van der Waals surface area contributed by atoms with Crippen molar-refractivity contribution in [2.75, 3.05) is 26.2 Å². The van der Waals surface area contributed by atoms with Gasteiger partial charge in [-0.25, -0.2) is 0 Å². The highest BCUT2D eigenvalue weighted by atomic mass is 16.5. The molecular weight excluding hydrogens is 290 g/mol. The van der Waals surface area contributed by atoms with E-state index in [1.165, 1.54) is 12.8 Å². The highest BCUT2D eigenvalue weighted by molar-refractivity contribution is 5.73. The lowest BCUT2D eigenvalue weighted by molar-refractivity contribution is -0.143. The first kappa shape index (κ1) is 16.5. The van der Waals surface area contributed by atoms with E-state index < -0.39 is 5.60 Å². The van der Waals surface area contributed by atoms with Crippen LogP contribution in [-0.4, -0.2) is 42.2 Å². The van der Waals surface area contributed by atoms with E-state index in [0.717, 1.165) is 56.4 Å². The highest BCUT2D eigenvalue weighted by Crippen LogP contribution is 2.40. The van der Waals surface area contributed by atoms with Crippen LogP contribution in [0.3, 0.4) is 0 Å². The van der Waals surface area contributed by atoms with Crippen molar-refractivity contribution >= 4 is 5.97 Å². The number of hydrogen-bond donors (Lipinski definition) is 1. The molecule has 1 aromatic rings. The molecule has 0 atom stereocenters. The first-order valence-corrected chi connectivity index (χ1v) is 8.86. The molecule has 126 valence electrons. The van der Waals surface area contributed by atoms with Crippen molar-refractivity contribution in [2.45, 2.75) is 50.5 Å². The summed E-state index contributed by atoms with van der Waals surface area (Å²) in [7, 11) is 0. The van der Waals surface area contributed by atoms with Crippen LogP contribution in [0.1, 0.15) is 49.7 Å². The Balaban J connectivity index is 1.55. The minimum absolute atomic E-state index is 0.196. The summed E-state index contributed by atoms with van der Waals surface area (Å²) in [4.78, 5) is 14.5. The van der Waals surface area contributed by atoms with Gasteiger partial charge in [0.25, 0.3) is 0 Å². The van der Waals surface area contributed by atoms with Gasteiger partial charge in [-0.1, -0.05) is 37.1 Å². The third kappa shape index (κ3) is 4.12. The number of nitrogens with zero attached hydrogens (tertiary/aromatic N) is 1. The zero-order valence-electron chi connectivity index (χ0n) is 13.8. The van der Waals surface area contributed by atoms with Gasteiger partial charge in [0.15, 0.2) is 0 Å². The van der Waals surface area contributed by atoms with Gasteiger partial charge in [-0.2, -0.15) is 0 Å². The van der Waals surface area contributed by atoms with E-state index in [9.17, 15) is 9.90 Å². The summed E-state index contributed by atoms with van der Waals surface area (Å²) < 4.78 is 5.40. The summed E-state index contributed by atoms with van der Waals surface area (Å²) >= 11 is 0. The summed E-state index contributed by atoms with van der Waals surface area (Å²) in [6, 6.07) is 7.76. The molecule has 1 aromatic carbocycles. The van der Waals surface area contributed by atoms with E-state index in [1.54, 1.807) is 0 Å². The lowest BCUT2D eigenvalue weighted by Gasteiger charge is -2.25. The minimum atomic E-state index is -0.758. The Hall–Kier alpha value is -1.39. The van der Waals surface area contributed by atoms with Crippen molar-refractivity contribution in [3.05, 3.63) is 35.4 Å². The van der Waals surface area contributed by atoms with E-state index >= 15 is 0 Å². The molecule has 0 spiro atoms. The van der Waals surface area contributed by atoms with Crippen molar-refractivity contribution in [1.29, 1.82) is 0 Å². The SMILES string of the molecule is O=C(Cc1ccccc1C1(O)CCCC1)OCCN1CCCC1. The molecule has 0 radical (unpaired) electrons.